The zero-order chi connectivity index (χ0) is 24.5. The van der Waals surface area contributed by atoms with Gasteiger partial charge in [0.25, 0.3) is 0 Å². The first kappa shape index (κ1) is 24.2. The predicted molar refractivity (Wildman–Crippen MR) is 114 cm³/mol. The maximum Gasteiger partial charge on any atom is 0.416 e. The van der Waals surface area contributed by atoms with Crippen molar-refractivity contribution in [3.63, 3.8) is 0 Å². The topological polar surface area (TPSA) is 88.2 Å². The number of carbonyl (C=O) groups excluding carboxylic acids is 1. The van der Waals surface area contributed by atoms with E-state index in [0.717, 1.165) is 12.1 Å². The molecule has 0 aliphatic carbocycles. The van der Waals surface area contributed by atoms with Crippen molar-refractivity contribution < 1.29 is 40.2 Å². The lowest BCUT2D eigenvalue weighted by molar-refractivity contribution is -0.137. The van der Waals surface area contributed by atoms with E-state index in [4.69, 9.17) is 9.47 Å². The molecule has 0 aromatic heterocycles. The van der Waals surface area contributed by atoms with Crippen LogP contribution in [0.15, 0.2) is 47.4 Å². The third kappa shape index (κ3) is 5.26. The Morgan fingerprint density at radius 2 is 1.74 bits per heavy atom. The third-order valence-corrected chi connectivity index (χ3v) is 6.90. The van der Waals surface area contributed by atoms with Gasteiger partial charge in [0.1, 0.15) is 11.9 Å². The van der Waals surface area contributed by atoms with E-state index in [1.54, 1.807) is 12.1 Å². The van der Waals surface area contributed by atoms with Crippen molar-refractivity contribution in [1.82, 2.24) is 4.72 Å². The van der Waals surface area contributed by atoms with Gasteiger partial charge in [-0.15, -0.1) is 0 Å². The summed E-state index contributed by atoms with van der Waals surface area (Å²) in [5.74, 6) is -0.515. The number of nitrogens with zero attached hydrogens (tertiary/aromatic N) is 2. The molecule has 2 aliphatic rings. The summed E-state index contributed by atoms with van der Waals surface area (Å²) in [6.07, 6.45) is -6.23. The number of nitrogens with one attached hydrogen (secondary N) is 1. The van der Waals surface area contributed by atoms with Gasteiger partial charge in [0.15, 0.2) is 0 Å². The predicted octanol–water partition coefficient (Wildman–Crippen LogP) is 2.98. The molecule has 0 bridgehead atoms. The largest absolute Gasteiger partial charge is 0.443 e. The lowest BCUT2D eigenvalue weighted by Crippen LogP contribution is -2.37. The Morgan fingerprint density at radius 1 is 1.06 bits per heavy atom. The SMILES string of the molecule is O=C1OC(CNS(=O)(=O)c2ccc(C(F)(F)F)cc2)CN1c1ccc(N2CCOCC2)c(F)c1. The molecule has 0 radical (unpaired) electrons. The highest BCUT2D eigenvalue weighted by molar-refractivity contribution is 7.89. The molecule has 1 atom stereocenters. The Bertz CT molecular complexity index is 1150. The molecule has 13 heteroatoms. The number of hydrogen-bond acceptors (Lipinski definition) is 6. The summed E-state index contributed by atoms with van der Waals surface area (Å²) in [6.45, 7) is 1.73. The third-order valence-electron chi connectivity index (χ3n) is 5.46. The van der Waals surface area contributed by atoms with Crippen LogP contribution >= 0.6 is 0 Å². The van der Waals surface area contributed by atoms with E-state index < -0.39 is 39.8 Å². The van der Waals surface area contributed by atoms with E-state index in [1.807, 2.05) is 4.90 Å². The molecule has 1 N–H and O–H groups in total. The van der Waals surface area contributed by atoms with Gasteiger partial charge in [0.2, 0.25) is 10.0 Å². The summed E-state index contributed by atoms with van der Waals surface area (Å²) in [4.78, 5) is 14.9. The fraction of sp³-hybridized carbons (Fsp3) is 0.381. The zero-order valence-electron chi connectivity index (χ0n) is 17.7. The van der Waals surface area contributed by atoms with E-state index in [-0.39, 0.29) is 23.7 Å². The van der Waals surface area contributed by atoms with Crippen molar-refractivity contribution >= 4 is 27.5 Å². The van der Waals surface area contributed by atoms with Crippen LogP contribution in [0.2, 0.25) is 0 Å². The molecule has 4 rings (SSSR count). The van der Waals surface area contributed by atoms with Gasteiger partial charge in [-0.2, -0.15) is 13.2 Å². The Morgan fingerprint density at radius 3 is 2.35 bits per heavy atom. The Balaban J connectivity index is 1.38. The maximum absolute atomic E-state index is 14.7. The summed E-state index contributed by atoms with van der Waals surface area (Å²) in [7, 11) is -4.14. The first-order valence-corrected chi connectivity index (χ1v) is 11.8. The molecule has 1 unspecified atom stereocenters. The van der Waals surface area contributed by atoms with Crippen molar-refractivity contribution in [2.24, 2.45) is 0 Å². The highest BCUT2D eigenvalue weighted by Gasteiger charge is 2.34. The van der Waals surface area contributed by atoms with Crippen LogP contribution in [0.1, 0.15) is 5.56 Å². The van der Waals surface area contributed by atoms with Crippen molar-refractivity contribution in [2.45, 2.75) is 17.2 Å². The second-order valence-electron chi connectivity index (χ2n) is 7.73. The number of anilines is 2. The molecule has 2 aromatic carbocycles. The fourth-order valence-corrected chi connectivity index (χ4v) is 4.74. The molecule has 34 heavy (non-hydrogen) atoms. The van der Waals surface area contributed by atoms with Crippen LogP contribution in [-0.2, 0) is 25.7 Å². The van der Waals surface area contributed by atoms with Crippen molar-refractivity contribution in [1.29, 1.82) is 0 Å². The van der Waals surface area contributed by atoms with E-state index in [2.05, 4.69) is 4.72 Å². The number of halogens is 4. The first-order valence-electron chi connectivity index (χ1n) is 10.3. The van der Waals surface area contributed by atoms with Crippen molar-refractivity contribution in [3.05, 3.63) is 53.8 Å². The number of carbonyl (C=O) groups is 1. The monoisotopic (exact) mass is 503 g/mol. The van der Waals surface area contributed by atoms with Gasteiger partial charge in [0.05, 0.1) is 41.6 Å². The van der Waals surface area contributed by atoms with Crippen LogP contribution in [0.5, 0.6) is 0 Å². The molecule has 0 spiro atoms. The minimum Gasteiger partial charge on any atom is -0.443 e. The Kier molecular flexibility index (Phi) is 6.69. The number of benzene rings is 2. The van der Waals surface area contributed by atoms with E-state index >= 15 is 0 Å². The second kappa shape index (κ2) is 9.39. The van der Waals surface area contributed by atoms with Gasteiger partial charge in [0, 0.05) is 19.6 Å². The molecule has 2 aliphatic heterocycles. The summed E-state index contributed by atoms with van der Waals surface area (Å²) in [6, 6.07) is 7.37. The number of rotatable bonds is 6. The summed E-state index contributed by atoms with van der Waals surface area (Å²) < 4.78 is 90.2. The zero-order valence-corrected chi connectivity index (χ0v) is 18.5. The van der Waals surface area contributed by atoms with Gasteiger partial charge in [-0.25, -0.2) is 22.3 Å². The van der Waals surface area contributed by atoms with E-state index in [0.29, 0.717) is 44.1 Å². The molecule has 2 aromatic rings. The number of cyclic esters (lactones) is 1. The number of sulfonamides is 1. The van der Waals surface area contributed by atoms with Gasteiger partial charge in [-0.3, -0.25) is 4.90 Å². The van der Waals surface area contributed by atoms with Crippen LogP contribution < -0.4 is 14.5 Å². The maximum atomic E-state index is 14.7. The second-order valence-corrected chi connectivity index (χ2v) is 9.49. The van der Waals surface area contributed by atoms with Gasteiger partial charge in [-0.05, 0) is 42.5 Å². The minimum atomic E-state index is -4.59. The highest BCUT2D eigenvalue weighted by Crippen LogP contribution is 2.30. The Labute approximate surface area is 193 Å². The minimum absolute atomic E-state index is 0.0370. The molecule has 1 amide bonds. The van der Waals surface area contributed by atoms with E-state index in [1.165, 1.54) is 11.0 Å². The van der Waals surface area contributed by atoms with Crippen molar-refractivity contribution in [2.75, 3.05) is 49.2 Å². The molecule has 2 fully saturated rings. The number of alkyl halides is 3. The van der Waals surface area contributed by atoms with Crippen LogP contribution in [-0.4, -0.2) is 60.0 Å². The standard InChI is InChI=1S/C21H21F4N3O5S/c22-18-11-15(3-6-19(18)27-7-9-32-10-8-27)28-13-16(33-20(28)29)12-26-34(30,31)17-4-1-14(2-5-17)21(23,24)25/h1-6,11,16,26H,7-10,12-13H2. The van der Waals surface area contributed by atoms with Crippen molar-refractivity contribution in [3.8, 4) is 0 Å². The van der Waals surface area contributed by atoms with Crippen LogP contribution in [0, 0.1) is 5.82 Å². The first-order chi connectivity index (χ1) is 16.0. The molecular formula is C21H21F4N3O5S. The molecule has 8 nitrogen and oxygen atoms in total. The fourth-order valence-electron chi connectivity index (χ4n) is 3.67. The number of ether oxygens (including phenoxy) is 2. The van der Waals surface area contributed by atoms with Gasteiger partial charge in [-0.1, -0.05) is 0 Å². The molecule has 184 valence electrons. The summed E-state index contributed by atoms with van der Waals surface area (Å²) in [5.41, 5.74) is -0.327. The van der Waals surface area contributed by atoms with Crippen LogP contribution in [0.3, 0.4) is 0 Å². The van der Waals surface area contributed by atoms with Crippen LogP contribution in [0.25, 0.3) is 0 Å². The summed E-state index contributed by atoms with van der Waals surface area (Å²) >= 11 is 0. The lowest BCUT2D eigenvalue weighted by atomic mass is 10.2. The number of morpholine rings is 1. The van der Waals surface area contributed by atoms with E-state index in [9.17, 15) is 30.8 Å². The molecule has 2 saturated heterocycles. The summed E-state index contributed by atoms with van der Waals surface area (Å²) in [5, 5.41) is 0. The highest BCUT2D eigenvalue weighted by atomic mass is 32.2. The smallest absolute Gasteiger partial charge is 0.416 e. The average molecular weight is 503 g/mol. The normalized spacial score (nSPS) is 19.4. The van der Waals surface area contributed by atoms with Crippen LogP contribution in [0.4, 0.5) is 33.7 Å². The number of hydrogen-bond donors (Lipinski definition) is 1. The number of amides is 1. The molecular weight excluding hydrogens is 482 g/mol. The van der Waals surface area contributed by atoms with Gasteiger partial charge >= 0.3 is 12.3 Å². The molecule has 0 saturated carbocycles. The quantitative estimate of drug-likeness (QED) is 0.610. The lowest BCUT2D eigenvalue weighted by Gasteiger charge is -2.29. The van der Waals surface area contributed by atoms with Gasteiger partial charge < -0.3 is 14.4 Å². The average Bonchev–Trinajstić information content (AvgIpc) is 3.18. The Hall–Kier alpha value is -2.90. The molecule has 2 heterocycles.